The Balaban J connectivity index is 2.18. The molecule has 0 aromatic heterocycles. The van der Waals surface area contributed by atoms with Crippen molar-refractivity contribution < 1.29 is 17.6 Å². The third kappa shape index (κ3) is 6.14. The van der Waals surface area contributed by atoms with Crippen molar-refractivity contribution >= 4 is 15.9 Å². The first kappa shape index (κ1) is 22.0. The van der Waals surface area contributed by atoms with E-state index < -0.39 is 16.1 Å². The summed E-state index contributed by atoms with van der Waals surface area (Å²) in [5, 5.41) is 0. The van der Waals surface area contributed by atoms with Gasteiger partial charge in [-0.25, -0.2) is 12.8 Å². The second kappa shape index (κ2) is 9.30. The number of benzene rings is 2. The van der Waals surface area contributed by atoms with Gasteiger partial charge >= 0.3 is 0 Å². The average molecular weight is 407 g/mol. The van der Waals surface area contributed by atoms with Crippen molar-refractivity contribution in [3.8, 4) is 0 Å². The SMILES string of the molecule is Cc1ccc(S(=O)(=O)NC(CC(C)C)C(=O)N(C)Cc2ccc(F)cc2)cc1. The molecule has 0 bridgehead atoms. The molecule has 2 aromatic carbocycles. The maximum atomic E-state index is 13.1. The van der Waals surface area contributed by atoms with Crippen LogP contribution in [0.5, 0.6) is 0 Å². The fourth-order valence-corrected chi connectivity index (χ4v) is 4.05. The zero-order valence-electron chi connectivity index (χ0n) is 16.6. The number of sulfonamides is 1. The van der Waals surface area contributed by atoms with E-state index in [2.05, 4.69) is 4.72 Å². The van der Waals surface area contributed by atoms with Gasteiger partial charge in [0.15, 0.2) is 0 Å². The predicted octanol–water partition coefficient (Wildman–Crippen LogP) is 3.49. The highest BCUT2D eigenvalue weighted by Gasteiger charge is 2.28. The van der Waals surface area contributed by atoms with Crippen LogP contribution in [-0.2, 0) is 21.4 Å². The molecule has 28 heavy (non-hydrogen) atoms. The Kier molecular flexibility index (Phi) is 7.32. The van der Waals surface area contributed by atoms with Crippen molar-refractivity contribution in [2.45, 2.75) is 44.7 Å². The lowest BCUT2D eigenvalue weighted by Crippen LogP contribution is -2.47. The summed E-state index contributed by atoms with van der Waals surface area (Å²) in [6.07, 6.45) is 0.373. The topological polar surface area (TPSA) is 66.5 Å². The largest absolute Gasteiger partial charge is 0.340 e. The Bertz CT molecular complexity index is 894. The Morgan fingerprint density at radius 3 is 2.18 bits per heavy atom. The minimum Gasteiger partial charge on any atom is -0.340 e. The molecule has 2 aromatic rings. The molecule has 0 aliphatic carbocycles. The molecule has 0 saturated carbocycles. The van der Waals surface area contributed by atoms with Gasteiger partial charge in [-0.05, 0) is 49.1 Å². The lowest BCUT2D eigenvalue weighted by molar-refractivity contribution is -0.132. The molecular formula is C21H27FN2O3S. The molecule has 0 spiro atoms. The minimum absolute atomic E-state index is 0.119. The van der Waals surface area contributed by atoms with Crippen LogP contribution in [0.25, 0.3) is 0 Å². The number of likely N-dealkylation sites (N-methyl/N-ethyl adjacent to an activating group) is 1. The lowest BCUT2D eigenvalue weighted by atomic mass is 10.0. The van der Waals surface area contributed by atoms with Gasteiger partial charge in [0.1, 0.15) is 11.9 Å². The van der Waals surface area contributed by atoms with Crippen molar-refractivity contribution in [3.63, 3.8) is 0 Å². The van der Waals surface area contributed by atoms with E-state index in [4.69, 9.17) is 0 Å². The average Bonchev–Trinajstić information content (AvgIpc) is 2.62. The quantitative estimate of drug-likeness (QED) is 0.730. The van der Waals surface area contributed by atoms with Crippen molar-refractivity contribution in [1.82, 2.24) is 9.62 Å². The molecular weight excluding hydrogens is 379 g/mol. The van der Waals surface area contributed by atoms with E-state index in [9.17, 15) is 17.6 Å². The molecule has 5 nitrogen and oxygen atoms in total. The number of halogens is 1. The Morgan fingerprint density at radius 1 is 1.07 bits per heavy atom. The normalized spacial score (nSPS) is 12.8. The summed E-state index contributed by atoms with van der Waals surface area (Å²) in [6, 6.07) is 11.5. The van der Waals surface area contributed by atoms with Crippen LogP contribution in [0.4, 0.5) is 4.39 Å². The number of hydrogen-bond acceptors (Lipinski definition) is 3. The summed E-state index contributed by atoms with van der Waals surface area (Å²) in [5.74, 6) is -0.552. The molecule has 1 N–H and O–H groups in total. The first-order valence-corrected chi connectivity index (χ1v) is 10.6. The van der Waals surface area contributed by atoms with E-state index in [1.54, 1.807) is 31.3 Å². The standard InChI is InChI=1S/C21H27FN2O3S/c1-15(2)13-20(23-28(26,27)19-11-5-16(3)6-12-19)21(25)24(4)14-17-7-9-18(22)10-8-17/h5-12,15,20,23H,13-14H2,1-4H3. The van der Waals surface area contributed by atoms with Gasteiger partial charge in [-0.3, -0.25) is 4.79 Å². The van der Waals surface area contributed by atoms with Gasteiger partial charge in [0.2, 0.25) is 15.9 Å². The third-order valence-electron chi connectivity index (χ3n) is 4.34. The number of carbonyl (C=O) groups is 1. The highest BCUT2D eigenvalue weighted by atomic mass is 32.2. The van der Waals surface area contributed by atoms with Gasteiger partial charge in [0.25, 0.3) is 0 Å². The summed E-state index contributed by atoms with van der Waals surface area (Å²) in [4.78, 5) is 14.5. The molecule has 152 valence electrons. The number of aryl methyl sites for hydroxylation is 1. The predicted molar refractivity (Wildman–Crippen MR) is 108 cm³/mol. The molecule has 0 saturated heterocycles. The van der Waals surface area contributed by atoms with Crippen LogP contribution >= 0.6 is 0 Å². The van der Waals surface area contributed by atoms with E-state index in [1.165, 1.54) is 29.2 Å². The fraction of sp³-hybridized carbons (Fsp3) is 0.381. The molecule has 0 heterocycles. The number of hydrogen-bond donors (Lipinski definition) is 1. The highest BCUT2D eigenvalue weighted by Crippen LogP contribution is 2.15. The van der Waals surface area contributed by atoms with E-state index in [0.29, 0.717) is 6.42 Å². The van der Waals surface area contributed by atoms with Crippen molar-refractivity contribution in [3.05, 3.63) is 65.5 Å². The third-order valence-corrected chi connectivity index (χ3v) is 5.83. The van der Waals surface area contributed by atoms with E-state index in [-0.39, 0.29) is 29.1 Å². The number of carbonyl (C=O) groups excluding carboxylic acids is 1. The van der Waals surface area contributed by atoms with Crippen LogP contribution < -0.4 is 4.72 Å². The number of nitrogens with zero attached hydrogens (tertiary/aromatic N) is 1. The molecule has 1 atom stereocenters. The molecule has 1 amide bonds. The van der Waals surface area contributed by atoms with Crippen molar-refractivity contribution in [2.24, 2.45) is 5.92 Å². The second-order valence-corrected chi connectivity index (χ2v) is 9.15. The van der Waals surface area contributed by atoms with Crippen molar-refractivity contribution in [1.29, 1.82) is 0 Å². The maximum absolute atomic E-state index is 13.1. The summed E-state index contributed by atoms with van der Waals surface area (Å²) in [7, 11) is -2.22. The minimum atomic E-state index is -3.83. The van der Waals surface area contributed by atoms with Crippen LogP contribution in [-0.4, -0.2) is 32.3 Å². The van der Waals surface area contributed by atoms with E-state index in [0.717, 1.165) is 11.1 Å². The molecule has 1 unspecified atom stereocenters. The molecule has 7 heteroatoms. The zero-order chi connectivity index (χ0) is 20.9. The van der Waals surface area contributed by atoms with Crippen molar-refractivity contribution in [2.75, 3.05) is 7.05 Å². The summed E-state index contributed by atoms with van der Waals surface area (Å²) in [5.41, 5.74) is 1.72. The summed E-state index contributed by atoms with van der Waals surface area (Å²) >= 11 is 0. The number of rotatable bonds is 8. The number of amides is 1. The number of nitrogens with one attached hydrogen (secondary N) is 1. The van der Waals surface area contributed by atoms with Crippen LogP contribution in [0, 0.1) is 18.7 Å². The first-order chi connectivity index (χ1) is 13.1. The molecule has 0 fully saturated rings. The molecule has 0 radical (unpaired) electrons. The van der Waals surface area contributed by atoms with Gasteiger partial charge in [-0.2, -0.15) is 4.72 Å². The van der Waals surface area contributed by atoms with E-state index >= 15 is 0 Å². The first-order valence-electron chi connectivity index (χ1n) is 9.17. The van der Waals surface area contributed by atoms with Gasteiger partial charge < -0.3 is 4.90 Å². The van der Waals surface area contributed by atoms with Gasteiger partial charge in [-0.1, -0.05) is 43.7 Å². The Morgan fingerprint density at radius 2 is 1.64 bits per heavy atom. The lowest BCUT2D eigenvalue weighted by Gasteiger charge is -2.26. The summed E-state index contributed by atoms with van der Waals surface area (Å²) < 4.78 is 41.1. The van der Waals surface area contributed by atoms with Gasteiger partial charge in [0, 0.05) is 13.6 Å². The van der Waals surface area contributed by atoms with Crippen LogP contribution in [0.2, 0.25) is 0 Å². The van der Waals surface area contributed by atoms with Crippen LogP contribution in [0.1, 0.15) is 31.4 Å². The smallest absolute Gasteiger partial charge is 0.241 e. The Labute approximate surface area is 166 Å². The molecule has 0 aliphatic rings. The van der Waals surface area contributed by atoms with E-state index in [1.807, 2.05) is 20.8 Å². The Hall–Kier alpha value is -2.25. The zero-order valence-corrected chi connectivity index (χ0v) is 17.5. The van der Waals surface area contributed by atoms with Gasteiger partial charge in [-0.15, -0.1) is 0 Å². The molecule has 2 rings (SSSR count). The van der Waals surface area contributed by atoms with Crippen LogP contribution in [0.15, 0.2) is 53.4 Å². The maximum Gasteiger partial charge on any atom is 0.241 e. The monoisotopic (exact) mass is 406 g/mol. The highest BCUT2D eigenvalue weighted by molar-refractivity contribution is 7.89. The van der Waals surface area contributed by atoms with Crippen LogP contribution in [0.3, 0.4) is 0 Å². The second-order valence-electron chi connectivity index (χ2n) is 7.44. The fourth-order valence-electron chi connectivity index (χ4n) is 2.85. The van der Waals surface area contributed by atoms with Gasteiger partial charge in [0.05, 0.1) is 4.90 Å². The summed E-state index contributed by atoms with van der Waals surface area (Å²) in [6.45, 7) is 6.00. The molecule has 0 aliphatic heterocycles.